The van der Waals surface area contributed by atoms with Crippen LogP contribution >= 0.6 is 11.6 Å². The molecule has 0 bridgehead atoms. The fourth-order valence-corrected chi connectivity index (χ4v) is 4.20. The molecule has 2 aromatic rings. The summed E-state index contributed by atoms with van der Waals surface area (Å²) in [5.74, 6) is 0.718. The number of anilines is 1. The molecule has 0 N–H and O–H groups in total. The van der Waals surface area contributed by atoms with Crippen LogP contribution in [0.25, 0.3) is 0 Å². The molecule has 0 saturated heterocycles. The lowest BCUT2D eigenvalue weighted by atomic mass is 10.1. The predicted octanol–water partition coefficient (Wildman–Crippen LogP) is 7.12. The standard InChI is InChI=1S/C24H25ClN4O2.C4H8.2C2H6/c1-3-5-22(30)28-15-19-20(25)6-4-7-21(19)29(23(31)16-28)14-17-8-10-18(11-9-17)24-26-12-13-27(24)2;1-3-4-2;2*1-2/h3-4,6-11H,1,5,12-16H2,2H3;3-4H,1-2H3;2*1-2H3/b;4-3+;;. The van der Waals surface area contributed by atoms with Gasteiger partial charge in [-0.05, 0) is 31.5 Å². The molecule has 6 nitrogen and oxygen atoms in total. The first kappa shape index (κ1) is 33.6. The van der Waals surface area contributed by atoms with Crippen molar-refractivity contribution in [3.63, 3.8) is 0 Å². The quantitative estimate of drug-likeness (QED) is 0.371. The number of hydrogen-bond acceptors (Lipinski definition) is 4. The normalized spacial score (nSPS) is 14.1. The van der Waals surface area contributed by atoms with Crippen LogP contribution in [-0.2, 0) is 22.7 Å². The molecule has 2 aliphatic heterocycles. The molecule has 0 aliphatic carbocycles. The second kappa shape index (κ2) is 18.0. The van der Waals surface area contributed by atoms with Gasteiger partial charge in [0.1, 0.15) is 12.4 Å². The highest BCUT2D eigenvalue weighted by atomic mass is 35.5. The number of likely N-dealkylation sites (N-methyl/N-ethyl adjacent to an activating group) is 1. The lowest BCUT2D eigenvalue weighted by Gasteiger charge is -2.23. The van der Waals surface area contributed by atoms with Crippen molar-refractivity contribution >= 4 is 34.9 Å². The van der Waals surface area contributed by atoms with E-state index >= 15 is 0 Å². The minimum atomic E-state index is -0.137. The van der Waals surface area contributed by atoms with E-state index in [1.54, 1.807) is 21.9 Å². The third-order valence-electron chi connectivity index (χ3n) is 5.98. The average Bonchev–Trinajstić information content (AvgIpc) is 3.34. The number of carbonyl (C=O) groups excluding carboxylic acids is 2. The van der Waals surface area contributed by atoms with Gasteiger partial charge in [-0.1, -0.05) is 87.9 Å². The van der Waals surface area contributed by atoms with Gasteiger partial charge in [-0.15, -0.1) is 6.58 Å². The van der Waals surface area contributed by atoms with Crippen molar-refractivity contribution < 1.29 is 9.59 Å². The van der Waals surface area contributed by atoms with E-state index in [1.807, 2.05) is 97.1 Å². The predicted molar refractivity (Wildman–Crippen MR) is 167 cm³/mol. The fraction of sp³-hybridized carbons (Fsp3) is 0.406. The molecule has 0 unspecified atom stereocenters. The van der Waals surface area contributed by atoms with Crippen LogP contribution in [0.1, 0.15) is 64.7 Å². The number of nitrogens with zero attached hydrogens (tertiary/aromatic N) is 4. The topological polar surface area (TPSA) is 56.2 Å². The third-order valence-corrected chi connectivity index (χ3v) is 6.33. The number of rotatable bonds is 5. The van der Waals surface area contributed by atoms with Crippen LogP contribution < -0.4 is 4.90 Å². The molecular formula is C32H45ClN4O2. The molecule has 0 fully saturated rings. The zero-order chi connectivity index (χ0) is 29.4. The zero-order valence-corrected chi connectivity index (χ0v) is 25.5. The molecule has 0 spiro atoms. The highest BCUT2D eigenvalue weighted by Gasteiger charge is 2.29. The van der Waals surface area contributed by atoms with Crippen LogP contribution in [0, 0.1) is 0 Å². The van der Waals surface area contributed by atoms with Gasteiger partial charge in [0.05, 0.1) is 18.8 Å². The maximum atomic E-state index is 13.2. The van der Waals surface area contributed by atoms with Gasteiger partial charge < -0.3 is 14.7 Å². The van der Waals surface area contributed by atoms with Crippen molar-refractivity contribution in [2.75, 3.05) is 31.6 Å². The van der Waals surface area contributed by atoms with Gasteiger partial charge >= 0.3 is 0 Å². The summed E-state index contributed by atoms with van der Waals surface area (Å²) >= 11 is 6.47. The molecule has 4 rings (SSSR count). The average molecular weight is 553 g/mol. The van der Waals surface area contributed by atoms with E-state index in [-0.39, 0.29) is 24.8 Å². The summed E-state index contributed by atoms with van der Waals surface area (Å²) in [6.45, 7) is 18.1. The van der Waals surface area contributed by atoms with Crippen molar-refractivity contribution in [3.05, 3.63) is 89.0 Å². The van der Waals surface area contributed by atoms with E-state index in [2.05, 4.69) is 16.5 Å². The monoisotopic (exact) mass is 552 g/mol. The van der Waals surface area contributed by atoms with Gasteiger partial charge in [0, 0.05) is 42.7 Å². The number of hydrogen-bond donors (Lipinski definition) is 0. The van der Waals surface area contributed by atoms with E-state index in [0.29, 0.717) is 18.1 Å². The van der Waals surface area contributed by atoms with Crippen molar-refractivity contribution in [3.8, 4) is 0 Å². The van der Waals surface area contributed by atoms with E-state index < -0.39 is 0 Å². The van der Waals surface area contributed by atoms with Crippen LogP contribution in [0.3, 0.4) is 0 Å². The smallest absolute Gasteiger partial charge is 0.246 e. The summed E-state index contributed by atoms with van der Waals surface area (Å²) in [6, 6.07) is 13.6. The van der Waals surface area contributed by atoms with Crippen LogP contribution in [0.4, 0.5) is 5.69 Å². The molecule has 2 amide bonds. The van der Waals surface area contributed by atoms with E-state index in [1.165, 1.54) is 0 Å². The van der Waals surface area contributed by atoms with Crippen LogP contribution in [-0.4, -0.2) is 54.1 Å². The van der Waals surface area contributed by atoms with Crippen molar-refractivity contribution in [2.24, 2.45) is 4.99 Å². The number of amidine groups is 1. The Balaban J connectivity index is 0.000000856. The molecular weight excluding hydrogens is 508 g/mol. The third kappa shape index (κ3) is 9.39. The molecule has 0 aromatic heterocycles. The molecule has 2 aliphatic rings. The summed E-state index contributed by atoms with van der Waals surface area (Å²) in [6.07, 6.45) is 5.74. The van der Waals surface area contributed by atoms with E-state index in [0.717, 1.165) is 41.3 Å². The minimum absolute atomic E-state index is 0.0113. The lowest BCUT2D eigenvalue weighted by molar-refractivity contribution is -0.134. The Morgan fingerprint density at radius 1 is 1.03 bits per heavy atom. The molecule has 7 heteroatoms. The van der Waals surface area contributed by atoms with Gasteiger partial charge in [0.2, 0.25) is 11.8 Å². The number of amides is 2. The number of halogens is 1. The number of benzene rings is 2. The Hall–Kier alpha value is -3.38. The lowest BCUT2D eigenvalue weighted by Crippen LogP contribution is -2.39. The minimum Gasteiger partial charge on any atom is -0.358 e. The van der Waals surface area contributed by atoms with Gasteiger partial charge in [-0.3, -0.25) is 14.6 Å². The Labute approximate surface area is 240 Å². The first-order valence-corrected chi connectivity index (χ1v) is 14.2. The van der Waals surface area contributed by atoms with Crippen LogP contribution in [0.15, 0.2) is 72.3 Å². The van der Waals surface area contributed by atoms with Gasteiger partial charge in [-0.2, -0.15) is 0 Å². The van der Waals surface area contributed by atoms with Crippen molar-refractivity contribution in [2.45, 2.75) is 61.1 Å². The van der Waals surface area contributed by atoms with Crippen LogP contribution in [0.5, 0.6) is 0 Å². The van der Waals surface area contributed by atoms with Crippen molar-refractivity contribution in [1.82, 2.24) is 9.80 Å². The molecule has 39 heavy (non-hydrogen) atoms. The Kier molecular flexibility index (Phi) is 15.5. The summed E-state index contributed by atoms with van der Waals surface area (Å²) in [7, 11) is 2.04. The number of aliphatic imine (C=N–C) groups is 1. The maximum absolute atomic E-state index is 13.2. The summed E-state index contributed by atoms with van der Waals surface area (Å²) in [5.41, 5.74) is 3.59. The molecule has 0 radical (unpaired) electrons. The molecule has 212 valence electrons. The number of allylic oxidation sites excluding steroid dienone is 2. The highest BCUT2D eigenvalue weighted by molar-refractivity contribution is 6.32. The first-order valence-electron chi connectivity index (χ1n) is 13.8. The fourth-order valence-electron chi connectivity index (χ4n) is 3.97. The second-order valence-electron chi connectivity index (χ2n) is 8.45. The van der Waals surface area contributed by atoms with E-state index in [4.69, 9.17) is 11.6 Å². The molecule has 2 aromatic carbocycles. The molecule has 0 atom stereocenters. The SMILES string of the molecule is C/C=C/C.C=CCC(=O)N1CC(=O)N(Cc2ccc(C3=NCCN3C)cc2)c2cccc(Cl)c2C1.CC.CC. The first-order chi connectivity index (χ1) is 18.9. The van der Waals surface area contributed by atoms with Gasteiger partial charge in [0.15, 0.2) is 0 Å². The summed E-state index contributed by atoms with van der Waals surface area (Å²) < 4.78 is 0. The van der Waals surface area contributed by atoms with Crippen LogP contribution in [0.2, 0.25) is 5.02 Å². The largest absolute Gasteiger partial charge is 0.358 e. The highest BCUT2D eigenvalue weighted by Crippen LogP contribution is 2.32. The van der Waals surface area contributed by atoms with Gasteiger partial charge in [-0.25, -0.2) is 0 Å². The summed E-state index contributed by atoms with van der Waals surface area (Å²) in [4.78, 5) is 35.6. The number of carbonyl (C=O) groups is 2. The van der Waals surface area contributed by atoms with Crippen molar-refractivity contribution in [1.29, 1.82) is 0 Å². The Morgan fingerprint density at radius 2 is 1.67 bits per heavy atom. The number of fused-ring (bicyclic) bond motifs is 1. The zero-order valence-electron chi connectivity index (χ0n) is 24.7. The maximum Gasteiger partial charge on any atom is 0.246 e. The second-order valence-corrected chi connectivity index (χ2v) is 8.86. The van der Waals surface area contributed by atoms with E-state index in [9.17, 15) is 9.59 Å². The Bertz CT molecular complexity index is 1120. The summed E-state index contributed by atoms with van der Waals surface area (Å²) in [5, 5.41) is 0.547. The molecule has 0 saturated carbocycles. The van der Waals surface area contributed by atoms with Gasteiger partial charge in [0.25, 0.3) is 0 Å². The Morgan fingerprint density at radius 3 is 2.21 bits per heavy atom. The molecule has 2 heterocycles.